The average Bonchev–Trinajstić information content (AvgIpc) is 2.59. The summed E-state index contributed by atoms with van der Waals surface area (Å²) < 4.78 is 27.7. The summed E-state index contributed by atoms with van der Waals surface area (Å²) in [4.78, 5) is 23.8. The summed E-state index contributed by atoms with van der Waals surface area (Å²) in [6.07, 6.45) is 5.41. The van der Waals surface area contributed by atoms with E-state index in [-0.39, 0.29) is 23.0 Å². The van der Waals surface area contributed by atoms with Crippen molar-refractivity contribution in [3.63, 3.8) is 0 Å². The van der Waals surface area contributed by atoms with Crippen molar-refractivity contribution in [2.24, 2.45) is 5.92 Å². The molecule has 1 aromatic carbocycles. The van der Waals surface area contributed by atoms with Crippen molar-refractivity contribution in [3.05, 3.63) is 29.8 Å². The molecule has 140 valence electrons. The van der Waals surface area contributed by atoms with E-state index in [1.54, 1.807) is 0 Å². The Morgan fingerprint density at radius 1 is 1.16 bits per heavy atom. The zero-order valence-corrected chi connectivity index (χ0v) is 15.9. The van der Waals surface area contributed by atoms with Gasteiger partial charge in [0, 0.05) is 12.8 Å². The molecule has 1 amide bonds. The zero-order chi connectivity index (χ0) is 18.9. The summed E-state index contributed by atoms with van der Waals surface area (Å²) in [6, 6.07) is 5.42. The van der Waals surface area contributed by atoms with Crippen LogP contribution in [0.15, 0.2) is 29.2 Å². The van der Waals surface area contributed by atoms with Crippen molar-refractivity contribution in [1.82, 2.24) is 5.32 Å². The molecule has 1 atom stereocenters. The van der Waals surface area contributed by atoms with E-state index in [0.717, 1.165) is 31.9 Å². The maximum Gasteiger partial charge on any atom is 0.338 e. The first-order valence-electron chi connectivity index (χ1n) is 8.51. The molecule has 0 aliphatic rings. The van der Waals surface area contributed by atoms with E-state index in [2.05, 4.69) is 19.2 Å². The van der Waals surface area contributed by atoms with Crippen LogP contribution in [0.2, 0.25) is 0 Å². The first kappa shape index (κ1) is 21.2. The molecule has 25 heavy (non-hydrogen) atoms. The standard InChI is InChI=1S/C18H27NO5S/c1-4-6-7-14(5-2)12-19-17(20)13-24-18(21)15-8-10-16(11-9-15)25(3,22)23/h8-11,14H,4-7,12-13H2,1-3H3,(H,19,20)/t14-/m0/s1. The van der Waals surface area contributed by atoms with Crippen LogP contribution in [0.1, 0.15) is 49.9 Å². The third-order valence-electron chi connectivity index (χ3n) is 3.98. The Kier molecular flexibility index (Phi) is 8.61. The van der Waals surface area contributed by atoms with Gasteiger partial charge in [0.2, 0.25) is 0 Å². The van der Waals surface area contributed by atoms with Crippen LogP contribution < -0.4 is 5.32 Å². The molecule has 0 aromatic heterocycles. The van der Waals surface area contributed by atoms with E-state index < -0.39 is 15.8 Å². The zero-order valence-electron chi connectivity index (χ0n) is 15.1. The van der Waals surface area contributed by atoms with Crippen molar-refractivity contribution < 1.29 is 22.7 Å². The number of carbonyl (C=O) groups excluding carboxylic acids is 2. The highest BCUT2D eigenvalue weighted by atomic mass is 32.2. The van der Waals surface area contributed by atoms with E-state index >= 15 is 0 Å². The van der Waals surface area contributed by atoms with Crippen molar-refractivity contribution in [1.29, 1.82) is 0 Å². The van der Waals surface area contributed by atoms with Gasteiger partial charge in [-0.1, -0.05) is 33.1 Å². The van der Waals surface area contributed by atoms with Crippen LogP contribution in [0.25, 0.3) is 0 Å². The van der Waals surface area contributed by atoms with E-state index in [1.165, 1.54) is 24.3 Å². The second kappa shape index (κ2) is 10.2. The molecular weight excluding hydrogens is 342 g/mol. The second-order valence-corrected chi connectivity index (χ2v) is 8.11. The van der Waals surface area contributed by atoms with Gasteiger partial charge in [-0.2, -0.15) is 0 Å². The fourth-order valence-electron chi connectivity index (χ4n) is 2.31. The molecule has 0 aliphatic heterocycles. The molecule has 0 radical (unpaired) electrons. The summed E-state index contributed by atoms with van der Waals surface area (Å²) in [6.45, 7) is 4.45. The first-order chi connectivity index (χ1) is 11.8. The highest BCUT2D eigenvalue weighted by Crippen LogP contribution is 2.12. The van der Waals surface area contributed by atoms with Crippen molar-refractivity contribution in [3.8, 4) is 0 Å². The Labute approximate surface area is 149 Å². The largest absolute Gasteiger partial charge is 0.452 e. The van der Waals surface area contributed by atoms with Gasteiger partial charge in [-0.15, -0.1) is 0 Å². The molecular formula is C18H27NO5S. The van der Waals surface area contributed by atoms with E-state index in [0.29, 0.717) is 12.5 Å². The first-order valence-corrected chi connectivity index (χ1v) is 10.4. The van der Waals surface area contributed by atoms with Crippen LogP contribution in [0.5, 0.6) is 0 Å². The number of esters is 1. The van der Waals surface area contributed by atoms with Crippen molar-refractivity contribution in [2.45, 2.75) is 44.4 Å². The smallest absolute Gasteiger partial charge is 0.338 e. The SMILES string of the molecule is CCCC[C@H](CC)CNC(=O)COC(=O)c1ccc(S(C)(=O)=O)cc1. The third-order valence-corrected chi connectivity index (χ3v) is 5.11. The summed E-state index contributed by atoms with van der Waals surface area (Å²) in [7, 11) is -3.31. The van der Waals surface area contributed by atoms with Crippen LogP contribution in [-0.2, 0) is 19.4 Å². The maximum absolute atomic E-state index is 11.9. The van der Waals surface area contributed by atoms with E-state index in [4.69, 9.17) is 4.74 Å². The predicted molar refractivity (Wildman–Crippen MR) is 96.2 cm³/mol. The third kappa shape index (κ3) is 7.69. The highest BCUT2D eigenvalue weighted by molar-refractivity contribution is 7.90. The van der Waals surface area contributed by atoms with E-state index in [9.17, 15) is 18.0 Å². The van der Waals surface area contributed by atoms with Gasteiger partial charge >= 0.3 is 5.97 Å². The predicted octanol–water partition coefficient (Wildman–Crippen LogP) is 2.58. The van der Waals surface area contributed by atoms with Gasteiger partial charge in [0.15, 0.2) is 16.4 Å². The lowest BCUT2D eigenvalue weighted by molar-refractivity contribution is -0.124. The molecule has 7 heteroatoms. The summed E-state index contributed by atoms with van der Waals surface area (Å²) >= 11 is 0. The Morgan fingerprint density at radius 2 is 1.80 bits per heavy atom. The molecule has 0 fully saturated rings. The number of amides is 1. The fourth-order valence-corrected chi connectivity index (χ4v) is 2.94. The average molecular weight is 369 g/mol. The van der Waals surface area contributed by atoms with Crippen LogP contribution in [0.3, 0.4) is 0 Å². The number of unbranched alkanes of at least 4 members (excludes halogenated alkanes) is 1. The van der Waals surface area contributed by atoms with Crippen LogP contribution in [0, 0.1) is 5.92 Å². The second-order valence-electron chi connectivity index (χ2n) is 6.09. The number of rotatable bonds is 10. The molecule has 0 heterocycles. The van der Waals surface area contributed by atoms with E-state index in [1.807, 2.05) is 0 Å². The number of benzene rings is 1. The Bertz CT molecular complexity index is 667. The number of hydrogen-bond donors (Lipinski definition) is 1. The number of ether oxygens (including phenoxy) is 1. The lowest BCUT2D eigenvalue weighted by Gasteiger charge is -2.15. The fraction of sp³-hybridized carbons (Fsp3) is 0.556. The molecule has 0 aliphatic carbocycles. The number of carbonyl (C=O) groups is 2. The molecule has 0 saturated carbocycles. The topological polar surface area (TPSA) is 89.5 Å². The van der Waals surface area contributed by atoms with Crippen LogP contribution in [-0.4, -0.2) is 39.7 Å². The summed E-state index contributed by atoms with van der Waals surface area (Å²) in [5, 5.41) is 2.78. The lowest BCUT2D eigenvalue weighted by Crippen LogP contribution is -2.32. The lowest BCUT2D eigenvalue weighted by atomic mass is 9.99. The molecule has 0 bridgehead atoms. The summed E-state index contributed by atoms with van der Waals surface area (Å²) in [5.74, 6) is -0.563. The minimum atomic E-state index is -3.31. The van der Waals surface area contributed by atoms with Crippen LogP contribution >= 0.6 is 0 Å². The van der Waals surface area contributed by atoms with Gasteiger partial charge in [0.25, 0.3) is 5.91 Å². The number of nitrogens with one attached hydrogen (secondary N) is 1. The van der Waals surface area contributed by atoms with Gasteiger partial charge in [-0.05, 0) is 36.6 Å². The van der Waals surface area contributed by atoms with Gasteiger partial charge in [-0.25, -0.2) is 13.2 Å². The quantitative estimate of drug-likeness (QED) is 0.640. The number of hydrogen-bond acceptors (Lipinski definition) is 5. The minimum Gasteiger partial charge on any atom is -0.452 e. The van der Waals surface area contributed by atoms with Gasteiger partial charge in [0.1, 0.15) is 0 Å². The molecule has 1 N–H and O–H groups in total. The monoisotopic (exact) mass is 369 g/mol. The Balaban J connectivity index is 2.44. The molecule has 0 saturated heterocycles. The number of sulfone groups is 1. The molecule has 0 unspecified atom stereocenters. The minimum absolute atomic E-state index is 0.125. The molecule has 6 nitrogen and oxygen atoms in total. The highest BCUT2D eigenvalue weighted by Gasteiger charge is 2.13. The Hall–Kier alpha value is -1.89. The maximum atomic E-state index is 11.9. The normalized spacial score (nSPS) is 12.4. The van der Waals surface area contributed by atoms with Gasteiger partial charge < -0.3 is 10.1 Å². The Morgan fingerprint density at radius 3 is 2.32 bits per heavy atom. The molecule has 0 spiro atoms. The van der Waals surface area contributed by atoms with Gasteiger partial charge in [0.05, 0.1) is 10.5 Å². The summed E-state index contributed by atoms with van der Waals surface area (Å²) in [5.41, 5.74) is 0.203. The van der Waals surface area contributed by atoms with Crippen LogP contribution in [0.4, 0.5) is 0 Å². The van der Waals surface area contributed by atoms with Gasteiger partial charge in [-0.3, -0.25) is 4.79 Å². The van der Waals surface area contributed by atoms with Crippen molar-refractivity contribution in [2.75, 3.05) is 19.4 Å². The molecule has 1 rings (SSSR count). The van der Waals surface area contributed by atoms with Crippen molar-refractivity contribution >= 4 is 21.7 Å². The molecule has 1 aromatic rings.